The van der Waals surface area contributed by atoms with Gasteiger partial charge in [0.1, 0.15) is 5.75 Å². The summed E-state index contributed by atoms with van der Waals surface area (Å²) in [5.74, 6) is 0.0393. The molecule has 1 aromatic carbocycles. The molecule has 2 rings (SSSR count). The van der Waals surface area contributed by atoms with E-state index in [4.69, 9.17) is 0 Å². The number of piperazine rings is 1. The summed E-state index contributed by atoms with van der Waals surface area (Å²) in [5.41, 5.74) is 0.419. The molecule has 1 saturated heterocycles. The third kappa shape index (κ3) is 3.98. The van der Waals surface area contributed by atoms with Gasteiger partial charge in [-0.25, -0.2) is 8.42 Å². The van der Waals surface area contributed by atoms with Crippen molar-refractivity contribution in [3.05, 3.63) is 29.8 Å². The second-order valence-corrected chi connectivity index (χ2v) is 7.50. The monoisotopic (exact) mass is 326 g/mol. The molecule has 6 nitrogen and oxygen atoms in total. The van der Waals surface area contributed by atoms with Crippen molar-refractivity contribution in [3.8, 4) is 5.75 Å². The minimum absolute atomic E-state index is 0.0478. The van der Waals surface area contributed by atoms with Crippen LogP contribution in [0.5, 0.6) is 5.75 Å². The highest BCUT2D eigenvalue weighted by atomic mass is 32.2. The largest absolute Gasteiger partial charge is 0.508 e. The van der Waals surface area contributed by atoms with Gasteiger partial charge >= 0.3 is 0 Å². The van der Waals surface area contributed by atoms with Crippen LogP contribution in [0.25, 0.3) is 0 Å². The molecule has 0 unspecified atom stereocenters. The van der Waals surface area contributed by atoms with Gasteiger partial charge in [-0.1, -0.05) is 19.4 Å². The van der Waals surface area contributed by atoms with Crippen molar-refractivity contribution < 1.29 is 18.3 Å². The van der Waals surface area contributed by atoms with Gasteiger partial charge in [0.2, 0.25) is 10.0 Å². The number of rotatable bonds is 5. The summed E-state index contributed by atoms with van der Waals surface area (Å²) in [6.07, 6.45) is 1.50. The Kier molecular flexibility index (Phi) is 5.42. The number of nitrogens with zero attached hydrogens (tertiary/aromatic N) is 2. The Balaban J connectivity index is 1.96. The van der Waals surface area contributed by atoms with E-state index >= 15 is 0 Å². The first-order valence-electron chi connectivity index (χ1n) is 7.50. The molecule has 0 aliphatic carbocycles. The Morgan fingerprint density at radius 3 is 2.50 bits per heavy atom. The van der Waals surface area contributed by atoms with Crippen molar-refractivity contribution in [2.24, 2.45) is 0 Å². The lowest BCUT2D eigenvalue weighted by molar-refractivity contribution is 0.0697. The maximum Gasteiger partial charge on any atom is 0.254 e. The van der Waals surface area contributed by atoms with E-state index in [1.807, 2.05) is 6.92 Å². The lowest BCUT2D eigenvalue weighted by Crippen LogP contribution is -2.51. The Morgan fingerprint density at radius 1 is 1.23 bits per heavy atom. The molecule has 7 heteroatoms. The van der Waals surface area contributed by atoms with Gasteiger partial charge < -0.3 is 10.0 Å². The number of sulfonamides is 1. The molecular weight excluding hydrogens is 304 g/mol. The van der Waals surface area contributed by atoms with Crippen molar-refractivity contribution >= 4 is 15.9 Å². The fourth-order valence-corrected chi connectivity index (χ4v) is 4.08. The van der Waals surface area contributed by atoms with Crippen molar-refractivity contribution in [3.63, 3.8) is 0 Å². The van der Waals surface area contributed by atoms with Crippen molar-refractivity contribution in [1.82, 2.24) is 9.21 Å². The van der Waals surface area contributed by atoms with E-state index in [0.29, 0.717) is 38.2 Å². The first-order valence-corrected chi connectivity index (χ1v) is 9.11. The number of hydrogen-bond donors (Lipinski definition) is 1. The number of phenolic OH excluding ortho intramolecular Hbond substituents is 1. The van der Waals surface area contributed by atoms with Crippen LogP contribution in [-0.4, -0.2) is 60.6 Å². The van der Waals surface area contributed by atoms with E-state index in [1.165, 1.54) is 16.4 Å². The first kappa shape index (κ1) is 16.8. The molecule has 122 valence electrons. The molecule has 0 saturated carbocycles. The summed E-state index contributed by atoms with van der Waals surface area (Å²) < 4.78 is 25.7. The van der Waals surface area contributed by atoms with E-state index in [1.54, 1.807) is 17.0 Å². The average Bonchev–Trinajstić information content (AvgIpc) is 2.52. The van der Waals surface area contributed by atoms with E-state index in [9.17, 15) is 18.3 Å². The smallest absolute Gasteiger partial charge is 0.254 e. The molecule has 22 heavy (non-hydrogen) atoms. The normalized spacial score (nSPS) is 16.7. The van der Waals surface area contributed by atoms with Gasteiger partial charge in [0, 0.05) is 31.7 Å². The minimum atomic E-state index is -3.21. The molecule has 1 aliphatic heterocycles. The molecule has 1 fully saturated rings. The summed E-state index contributed by atoms with van der Waals surface area (Å²) in [5, 5.41) is 9.43. The standard InChI is InChI=1S/C15H22N2O4S/c1-2-3-11-22(20,21)17-9-7-16(8-10-17)15(19)13-5-4-6-14(18)12-13/h4-6,12,18H,2-3,7-11H2,1H3. The van der Waals surface area contributed by atoms with Crippen LogP contribution in [0.2, 0.25) is 0 Å². The van der Waals surface area contributed by atoms with Crippen LogP contribution in [0, 0.1) is 0 Å². The summed E-state index contributed by atoms with van der Waals surface area (Å²) in [6, 6.07) is 6.20. The summed E-state index contributed by atoms with van der Waals surface area (Å²) in [6.45, 7) is 3.37. The van der Waals surface area contributed by atoms with Gasteiger partial charge in [-0.15, -0.1) is 0 Å². The van der Waals surface area contributed by atoms with Crippen LogP contribution in [0.3, 0.4) is 0 Å². The second-order valence-electron chi connectivity index (χ2n) is 5.41. The highest BCUT2D eigenvalue weighted by Gasteiger charge is 2.28. The van der Waals surface area contributed by atoms with E-state index in [0.717, 1.165) is 6.42 Å². The molecule has 1 aromatic rings. The highest BCUT2D eigenvalue weighted by molar-refractivity contribution is 7.89. The Hall–Kier alpha value is -1.60. The zero-order valence-electron chi connectivity index (χ0n) is 12.7. The van der Waals surface area contributed by atoms with Gasteiger partial charge in [-0.2, -0.15) is 4.31 Å². The molecule has 1 aliphatic rings. The van der Waals surface area contributed by atoms with Crippen molar-refractivity contribution in [1.29, 1.82) is 0 Å². The Morgan fingerprint density at radius 2 is 1.91 bits per heavy atom. The fraction of sp³-hybridized carbons (Fsp3) is 0.533. The quantitative estimate of drug-likeness (QED) is 0.884. The minimum Gasteiger partial charge on any atom is -0.508 e. The van der Waals surface area contributed by atoms with Crippen LogP contribution in [0.15, 0.2) is 24.3 Å². The number of phenols is 1. The number of benzene rings is 1. The molecular formula is C15H22N2O4S. The topological polar surface area (TPSA) is 77.9 Å². The fourth-order valence-electron chi connectivity index (χ4n) is 2.45. The van der Waals surface area contributed by atoms with Crippen LogP contribution >= 0.6 is 0 Å². The van der Waals surface area contributed by atoms with Gasteiger partial charge in [0.25, 0.3) is 5.91 Å². The molecule has 1 heterocycles. The lowest BCUT2D eigenvalue weighted by Gasteiger charge is -2.34. The number of hydrogen-bond acceptors (Lipinski definition) is 4. The SMILES string of the molecule is CCCCS(=O)(=O)N1CCN(C(=O)c2cccc(O)c2)CC1. The molecule has 0 spiro atoms. The number of amides is 1. The van der Waals surface area contributed by atoms with Crippen LogP contribution < -0.4 is 0 Å². The highest BCUT2D eigenvalue weighted by Crippen LogP contribution is 2.16. The van der Waals surface area contributed by atoms with E-state index in [2.05, 4.69) is 0 Å². The third-order valence-corrected chi connectivity index (χ3v) is 5.72. The second kappa shape index (κ2) is 7.11. The molecule has 1 amide bonds. The van der Waals surface area contributed by atoms with Crippen molar-refractivity contribution in [2.45, 2.75) is 19.8 Å². The number of unbranched alkanes of at least 4 members (excludes halogenated alkanes) is 1. The average molecular weight is 326 g/mol. The number of aromatic hydroxyl groups is 1. The molecule has 0 atom stereocenters. The molecule has 1 N–H and O–H groups in total. The summed E-state index contributed by atoms with van der Waals surface area (Å²) in [7, 11) is -3.21. The lowest BCUT2D eigenvalue weighted by atomic mass is 10.2. The van der Waals surface area contributed by atoms with Gasteiger partial charge in [-0.3, -0.25) is 4.79 Å². The van der Waals surface area contributed by atoms with Gasteiger partial charge in [-0.05, 0) is 24.6 Å². The van der Waals surface area contributed by atoms with Crippen LogP contribution in [0.4, 0.5) is 0 Å². The van der Waals surface area contributed by atoms with Gasteiger partial charge in [0.15, 0.2) is 0 Å². The predicted octanol–water partition coefficient (Wildman–Crippen LogP) is 1.28. The third-order valence-electron chi connectivity index (χ3n) is 3.77. The Labute approximate surface area is 131 Å². The number of carbonyl (C=O) groups is 1. The predicted molar refractivity (Wildman–Crippen MR) is 84.3 cm³/mol. The molecule has 0 bridgehead atoms. The molecule has 0 radical (unpaired) electrons. The first-order chi connectivity index (χ1) is 10.4. The van der Waals surface area contributed by atoms with Crippen LogP contribution in [-0.2, 0) is 10.0 Å². The molecule has 0 aromatic heterocycles. The van der Waals surface area contributed by atoms with Gasteiger partial charge in [0.05, 0.1) is 5.75 Å². The van der Waals surface area contributed by atoms with E-state index in [-0.39, 0.29) is 17.4 Å². The maximum atomic E-state index is 12.3. The van der Waals surface area contributed by atoms with Crippen molar-refractivity contribution in [2.75, 3.05) is 31.9 Å². The Bertz CT molecular complexity index is 622. The summed E-state index contributed by atoms with van der Waals surface area (Å²) >= 11 is 0. The van der Waals surface area contributed by atoms with Crippen LogP contribution in [0.1, 0.15) is 30.1 Å². The van der Waals surface area contributed by atoms with E-state index < -0.39 is 10.0 Å². The number of carbonyl (C=O) groups excluding carboxylic acids is 1. The summed E-state index contributed by atoms with van der Waals surface area (Å²) in [4.78, 5) is 14.0. The maximum absolute atomic E-state index is 12.3. The zero-order valence-corrected chi connectivity index (χ0v) is 13.6. The zero-order chi connectivity index (χ0) is 16.2.